The van der Waals surface area contributed by atoms with Gasteiger partial charge >= 0.3 is 0 Å². The summed E-state index contributed by atoms with van der Waals surface area (Å²) < 4.78 is 0. The van der Waals surface area contributed by atoms with Gasteiger partial charge in [0, 0.05) is 11.6 Å². The van der Waals surface area contributed by atoms with Gasteiger partial charge in [-0.3, -0.25) is 4.79 Å². The quantitative estimate of drug-likeness (QED) is 0.873. The van der Waals surface area contributed by atoms with Crippen LogP contribution in [0.2, 0.25) is 10.0 Å². The molecule has 0 aliphatic heterocycles. The highest BCUT2D eigenvalue weighted by atomic mass is 35.5. The van der Waals surface area contributed by atoms with Crippen molar-refractivity contribution in [1.82, 2.24) is 5.32 Å². The third-order valence-corrected chi connectivity index (χ3v) is 3.68. The third kappa shape index (κ3) is 5.27. The molecule has 0 spiro atoms. The summed E-state index contributed by atoms with van der Waals surface area (Å²) in [5.74, 6) is -0.146. The van der Waals surface area contributed by atoms with Crippen LogP contribution in [-0.4, -0.2) is 11.9 Å². The van der Waals surface area contributed by atoms with Crippen LogP contribution in [-0.2, 0) is 6.42 Å². The molecule has 21 heavy (non-hydrogen) atoms. The fraction of sp³-hybridized carbons (Fsp3) is 0.188. The summed E-state index contributed by atoms with van der Waals surface area (Å²) in [6.45, 7) is 1.97. The fourth-order valence-electron chi connectivity index (χ4n) is 1.96. The number of halogens is 2. The van der Waals surface area contributed by atoms with Gasteiger partial charge in [0.05, 0.1) is 10.0 Å². The van der Waals surface area contributed by atoms with Crippen LogP contribution >= 0.6 is 36.7 Å². The highest BCUT2D eigenvalue weighted by Gasteiger charge is 2.11. The van der Waals surface area contributed by atoms with Crippen LogP contribution < -0.4 is 5.32 Å². The van der Waals surface area contributed by atoms with Crippen LogP contribution in [0.3, 0.4) is 0 Å². The van der Waals surface area contributed by atoms with Crippen molar-refractivity contribution in [2.75, 3.05) is 0 Å². The zero-order valence-electron chi connectivity index (χ0n) is 11.6. The van der Waals surface area contributed by atoms with Crippen LogP contribution in [0.5, 0.6) is 0 Å². The zero-order chi connectivity index (χ0) is 14.5. The lowest BCUT2D eigenvalue weighted by molar-refractivity contribution is 0.0940. The molecule has 2 rings (SSSR count). The van der Waals surface area contributed by atoms with E-state index in [0.717, 1.165) is 6.42 Å². The minimum atomic E-state index is -0.146. The van der Waals surface area contributed by atoms with Crippen LogP contribution in [0.1, 0.15) is 22.8 Å². The van der Waals surface area contributed by atoms with Gasteiger partial charge in [0.15, 0.2) is 0 Å². The number of hydrogen-bond acceptors (Lipinski definition) is 1. The summed E-state index contributed by atoms with van der Waals surface area (Å²) in [4.78, 5) is 12.1. The average molecular weight is 342 g/mol. The van der Waals surface area contributed by atoms with E-state index in [1.165, 1.54) is 5.56 Å². The average Bonchev–Trinajstić information content (AvgIpc) is 2.42. The van der Waals surface area contributed by atoms with E-state index in [4.69, 9.17) is 23.2 Å². The van der Waals surface area contributed by atoms with Crippen molar-refractivity contribution in [3.8, 4) is 0 Å². The topological polar surface area (TPSA) is 29.1 Å². The molecule has 5 heteroatoms. The number of amides is 1. The fourth-order valence-corrected chi connectivity index (χ4v) is 2.26. The van der Waals surface area contributed by atoms with E-state index in [2.05, 4.69) is 5.32 Å². The Morgan fingerprint density at radius 2 is 1.76 bits per heavy atom. The molecule has 0 heterocycles. The molecule has 0 fully saturated rings. The molecule has 2 aromatic rings. The van der Waals surface area contributed by atoms with Gasteiger partial charge in [-0.2, -0.15) is 13.5 Å². The number of nitrogens with one attached hydrogen (secondary N) is 1. The maximum atomic E-state index is 12.1. The van der Waals surface area contributed by atoms with Gasteiger partial charge in [-0.1, -0.05) is 53.5 Å². The lowest BCUT2D eigenvalue weighted by Gasteiger charge is -2.14. The maximum Gasteiger partial charge on any atom is 0.251 e. The smallest absolute Gasteiger partial charge is 0.251 e. The highest BCUT2D eigenvalue weighted by molar-refractivity contribution is 7.59. The Balaban J connectivity index is 0.00000220. The molecule has 112 valence electrons. The van der Waals surface area contributed by atoms with Gasteiger partial charge in [0.25, 0.3) is 5.91 Å². The predicted molar refractivity (Wildman–Crippen MR) is 93.9 cm³/mol. The molecule has 0 aliphatic carbocycles. The largest absolute Gasteiger partial charge is 0.349 e. The van der Waals surface area contributed by atoms with Crippen LogP contribution in [0.25, 0.3) is 0 Å². The van der Waals surface area contributed by atoms with Crippen LogP contribution in [0, 0.1) is 0 Å². The summed E-state index contributed by atoms with van der Waals surface area (Å²) in [6.07, 6.45) is 0.786. The van der Waals surface area contributed by atoms with Gasteiger partial charge in [0.2, 0.25) is 0 Å². The SMILES string of the molecule is C[C@@H](Cc1ccccc1)NC(=O)c1ccc(Cl)c(Cl)c1.S. The lowest BCUT2D eigenvalue weighted by atomic mass is 10.1. The van der Waals surface area contributed by atoms with Crippen molar-refractivity contribution in [2.45, 2.75) is 19.4 Å². The second-order valence-corrected chi connectivity index (χ2v) is 5.51. The van der Waals surface area contributed by atoms with Crippen molar-refractivity contribution in [1.29, 1.82) is 0 Å². The zero-order valence-corrected chi connectivity index (χ0v) is 14.1. The van der Waals surface area contributed by atoms with E-state index in [-0.39, 0.29) is 25.4 Å². The molecule has 0 saturated carbocycles. The molecule has 2 aromatic carbocycles. The van der Waals surface area contributed by atoms with Gasteiger partial charge in [-0.25, -0.2) is 0 Å². The van der Waals surface area contributed by atoms with Crippen molar-refractivity contribution in [3.63, 3.8) is 0 Å². The summed E-state index contributed by atoms with van der Waals surface area (Å²) in [7, 11) is 0. The first kappa shape index (κ1) is 17.9. The van der Waals surface area contributed by atoms with Crippen molar-refractivity contribution in [2.24, 2.45) is 0 Å². The second kappa shape index (κ2) is 8.32. The number of carbonyl (C=O) groups is 1. The number of hydrogen-bond donors (Lipinski definition) is 1. The summed E-state index contributed by atoms with van der Waals surface area (Å²) in [5, 5.41) is 3.78. The summed E-state index contributed by atoms with van der Waals surface area (Å²) >= 11 is 11.7. The Bertz CT molecular complexity index is 604. The van der Waals surface area contributed by atoms with Gasteiger partial charge in [-0.05, 0) is 37.1 Å². The first-order valence-corrected chi connectivity index (χ1v) is 7.11. The highest BCUT2D eigenvalue weighted by Crippen LogP contribution is 2.22. The molecule has 0 radical (unpaired) electrons. The van der Waals surface area contributed by atoms with Crippen molar-refractivity contribution >= 4 is 42.6 Å². The van der Waals surface area contributed by atoms with Crippen molar-refractivity contribution < 1.29 is 4.79 Å². The Labute approximate surface area is 141 Å². The molecule has 0 bridgehead atoms. The van der Waals surface area contributed by atoms with Gasteiger partial charge < -0.3 is 5.32 Å². The van der Waals surface area contributed by atoms with Crippen LogP contribution in [0.4, 0.5) is 0 Å². The van der Waals surface area contributed by atoms with Crippen LogP contribution in [0.15, 0.2) is 48.5 Å². The molecule has 0 saturated heterocycles. The maximum absolute atomic E-state index is 12.1. The number of rotatable bonds is 4. The second-order valence-electron chi connectivity index (χ2n) is 4.69. The predicted octanol–water partition coefficient (Wildman–Crippen LogP) is 4.47. The third-order valence-electron chi connectivity index (χ3n) is 2.94. The molecule has 1 amide bonds. The minimum absolute atomic E-state index is 0. The standard InChI is InChI=1S/C16H15Cl2NO.H2S/c1-11(9-12-5-3-2-4-6-12)19-16(20)13-7-8-14(17)15(18)10-13;/h2-8,10-11H,9H2,1H3,(H,19,20);1H2/t11-;/m0./s1. The minimum Gasteiger partial charge on any atom is -0.349 e. The Morgan fingerprint density at radius 1 is 1.10 bits per heavy atom. The number of carbonyl (C=O) groups excluding carboxylic acids is 1. The van der Waals surface area contributed by atoms with E-state index in [0.29, 0.717) is 15.6 Å². The van der Waals surface area contributed by atoms with E-state index in [9.17, 15) is 4.79 Å². The molecule has 1 N–H and O–H groups in total. The molecule has 0 unspecified atom stereocenters. The Kier molecular flexibility index (Phi) is 7.09. The molecule has 2 nitrogen and oxygen atoms in total. The molecule has 1 atom stereocenters. The summed E-state index contributed by atoms with van der Waals surface area (Å²) in [5.41, 5.74) is 1.70. The van der Waals surface area contributed by atoms with E-state index < -0.39 is 0 Å². The summed E-state index contributed by atoms with van der Waals surface area (Å²) in [6, 6.07) is 14.9. The van der Waals surface area contributed by atoms with Crippen molar-refractivity contribution in [3.05, 3.63) is 69.7 Å². The Morgan fingerprint density at radius 3 is 2.38 bits per heavy atom. The Hall–Kier alpha value is -1.16. The van der Waals surface area contributed by atoms with E-state index in [1.807, 2.05) is 37.3 Å². The normalized spacial score (nSPS) is 11.4. The number of benzene rings is 2. The molecule has 0 aliphatic rings. The molecule has 0 aromatic heterocycles. The first-order valence-electron chi connectivity index (χ1n) is 6.36. The van der Waals surface area contributed by atoms with E-state index >= 15 is 0 Å². The molecular formula is C16H17Cl2NOS. The lowest BCUT2D eigenvalue weighted by Crippen LogP contribution is -2.34. The first-order chi connectivity index (χ1) is 9.56. The van der Waals surface area contributed by atoms with Gasteiger partial charge in [0.1, 0.15) is 0 Å². The van der Waals surface area contributed by atoms with Gasteiger partial charge in [-0.15, -0.1) is 0 Å². The molecular weight excluding hydrogens is 325 g/mol. The monoisotopic (exact) mass is 341 g/mol. The van der Waals surface area contributed by atoms with E-state index in [1.54, 1.807) is 18.2 Å².